The van der Waals surface area contributed by atoms with Crippen LogP contribution < -0.4 is 0 Å². The minimum Gasteiger partial charge on any atom is -0.394 e. The van der Waals surface area contributed by atoms with Gasteiger partial charge in [-0.25, -0.2) is 0 Å². The zero-order valence-corrected chi connectivity index (χ0v) is 7.19. The van der Waals surface area contributed by atoms with Crippen LogP contribution in [0.5, 0.6) is 0 Å². The van der Waals surface area contributed by atoms with Crippen LogP contribution in [0.15, 0.2) is 0 Å². The topological polar surface area (TPSA) is 98.0 Å². The van der Waals surface area contributed by atoms with Crippen LogP contribution >= 0.6 is 12.6 Å². The molecular formula is C6H12O5S. The van der Waals surface area contributed by atoms with Crippen molar-refractivity contribution in [3.8, 4) is 0 Å². The molecule has 0 aromatic heterocycles. The van der Waals surface area contributed by atoms with Gasteiger partial charge in [0.05, 0.1) is 6.61 Å². The van der Waals surface area contributed by atoms with Gasteiger partial charge in [-0.3, -0.25) is 4.79 Å². The molecule has 12 heavy (non-hydrogen) atoms. The number of rotatable bonds is 5. The Morgan fingerprint density at radius 1 is 1.33 bits per heavy atom. The number of aliphatic hydroxyl groups excluding tert-OH is 4. The van der Waals surface area contributed by atoms with E-state index in [2.05, 4.69) is 12.6 Å². The van der Waals surface area contributed by atoms with Crippen LogP contribution in [0.25, 0.3) is 0 Å². The van der Waals surface area contributed by atoms with E-state index in [1.165, 1.54) is 0 Å². The Kier molecular flexibility index (Phi) is 5.43. The number of carbonyl (C=O) groups is 1. The van der Waals surface area contributed by atoms with E-state index in [9.17, 15) is 4.79 Å². The maximum absolute atomic E-state index is 10.9. The van der Waals surface area contributed by atoms with Crippen molar-refractivity contribution in [2.75, 3.05) is 12.4 Å². The maximum atomic E-state index is 10.9. The molecule has 72 valence electrons. The zero-order valence-electron chi connectivity index (χ0n) is 6.29. The Morgan fingerprint density at radius 2 is 1.83 bits per heavy atom. The van der Waals surface area contributed by atoms with E-state index in [4.69, 9.17) is 20.4 Å². The lowest BCUT2D eigenvalue weighted by atomic mass is 10.1. The standard InChI is InChI=1S/C6H12O5S/c7-1-3(8)5(10)6(11)4(9)2-12/h3-5,7-10,12H,1-2H2/t3-,4+,5+/m1/s1. The van der Waals surface area contributed by atoms with Gasteiger partial charge in [-0.1, -0.05) is 0 Å². The van der Waals surface area contributed by atoms with Gasteiger partial charge in [0.15, 0.2) is 5.78 Å². The first kappa shape index (κ1) is 11.9. The van der Waals surface area contributed by atoms with Crippen LogP contribution in [-0.2, 0) is 4.79 Å². The number of aliphatic hydroxyl groups is 4. The summed E-state index contributed by atoms with van der Waals surface area (Å²) in [5.74, 6) is -1.07. The van der Waals surface area contributed by atoms with Crippen molar-refractivity contribution < 1.29 is 25.2 Å². The zero-order chi connectivity index (χ0) is 9.72. The smallest absolute Gasteiger partial charge is 0.193 e. The van der Waals surface area contributed by atoms with Crippen molar-refractivity contribution in [3.63, 3.8) is 0 Å². The number of hydrogen-bond donors (Lipinski definition) is 5. The highest BCUT2D eigenvalue weighted by Crippen LogP contribution is 2.00. The predicted molar refractivity (Wildman–Crippen MR) is 44.0 cm³/mol. The molecule has 0 aliphatic heterocycles. The Morgan fingerprint density at radius 3 is 2.17 bits per heavy atom. The van der Waals surface area contributed by atoms with Crippen LogP contribution in [0.3, 0.4) is 0 Å². The fourth-order valence-corrected chi connectivity index (χ4v) is 0.756. The van der Waals surface area contributed by atoms with Gasteiger partial charge in [-0.2, -0.15) is 12.6 Å². The van der Waals surface area contributed by atoms with Gasteiger partial charge >= 0.3 is 0 Å². The van der Waals surface area contributed by atoms with Crippen molar-refractivity contribution >= 4 is 18.4 Å². The number of ketones is 1. The Balaban J connectivity index is 4.09. The van der Waals surface area contributed by atoms with E-state index in [0.29, 0.717) is 0 Å². The summed E-state index contributed by atoms with van der Waals surface area (Å²) in [7, 11) is 0. The summed E-state index contributed by atoms with van der Waals surface area (Å²) in [6, 6.07) is 0. The van der Waals surface area contributed by atoms with Crippen LogP contribution in [0.4, 0.5) is 0 Å². The van der Waals surface area contributed by atoms with Crippen molar-refractivity contribution in [2.24, 2.45) is 0 Å². The number of hydrogen-bond acceptors (Lipinski definition) is 6. The van der Waals surface area contributed by atoms with Crippen molar-refractivity contribution in [1.29, 1.82) is 0 Å². The minimum atomic E-state index is -1.75. The molecule has 6 heteroatoms. The maximum Gasteiger partial charge on any atom is 0.193 e. The molecule has 0 rings (SSSR count). The molecular weight excluding hydrogens is 184 g/mol. The molecule has 0 bridgehead atoms. The van der Waals surface area contributed by atoms with E-state index in [1.807, 2.05) is 0 Å². The van der Waals surface area contributed by atoms with E-state index in [0.717, 1.165) is 0 Å². The summed E-state index contributed by atoms with van der Waals surface area (Å²) in [4.78, 5) is 10.9. The second-order valence-corrected chi connectivity index (χ2v) is 2.66. The summed E-state index contributed by atoms with van der Waals surface area (Å²) in [5.41, 5.74) is 0. The van der Waals surface area contributed by atoms with Crippen LogP contribution in [-0.4, -0.2) is 56.9 Å². The Labute approximate surface area is 75.1 Å². The molecule has 4 N–H and O–H groups in total. The monoisotopic (exact) mass is 196 g/mol. The molecule has 0 radical (unpaired) electrons. The quantitative estimate of drug-likeness (QED) is 0.315. The van der Waals surface area contributed by atoms with Crippen LogP contribution in [0.2, 0.25) is 0 Å². The molecule has 0 unspecified atom stereocenters. The lowest BCUT2D eigenvalue weighted by Crippen LogP contribution is -2.42. The fraction of sp³-hybridized carbons (Fsp3) is 0.833. The summed E-state index contributed by atoms with van der Waals surface area (Å²) in [5, 5.41) is 34.9. The summed E-state index contributed by atoms with van der Waals surface area (Å²) >= 11 is 3.62. The SMILES string of the molecule is O=C([C@@H](O)[C@H](O)CO)[C@@H](O)CS. The van der Waals surface area contributed by atoms with Gasteiger partial charge in [0.25, 0.3) is 0 Å². The Bertz CT molecular complexity index is 151. The molecule has 0 heterocycles. The highest BCUT2D eigenvalue weighted by Gasteiger charge is 2.28. The van der Waals surface area contributed by atoms with Crippen molar-refractivity contribution in [2.45, 2.75) is 18.3 Å². The molecule has 0 aliphatic carbocycles. The summed E-state index contributed by atoms with van der Waals surface area (Å²) in [6.45, 7) is -0.730. The molecule has 0 fully saturated rings. The van der Waals surface area contributed by atoms with Gasteiger partial charge < -0.3 is 20.4 Å². The van der Waals surface area contributed by atoms with E-state index in [1.54, 1.807) is 0 Å². The molecule has 0 aliphatic rings. The summed E-state index contributed by atoms with van der Waals surface area (Å²) < 4.78 is 0. The highest BCUT2D eigenvalue weighted by molar-refractivity contribution is 7.80. The normalized spacial score (nSPS) is 18.4. The highest BCUT2D eigenvalue weighted by atomic mass is 32.1. The third-order valence-corrected chi connectivity index (χ3v) is 1.69. The lowest BCUT2D eigenvalue weighted by Gasteiger charge is -2.16. The van der Waals surface area contributed by atoms with Gasteiger partial charge in [0.2, 0.25) is 0 Å². The van der Waals surface area contributed by atoms with E-state index < -0.39 is 30.7 Å². The second kappa shape index (κ2) is 5.50. The molecule has 0 amide bonds. The molecule has 5 nitrogen and oxygen atoms in total. The molecule has 0 aromatic carbocycles. The third kappa shape index (κ3) is 3.08. The van der Waals surface area contributed by atoms with Crippen LogP contribution in [0.1, 0.15) is 0 Å². The largest absolute Gasteiger partial charge is 0.394 e. The first-order valence-electron chi connectivity index (χ1n) is 3.34. The summed E-state index contributed by atoms with van der Waals surface area (Å²) in [6.07, 6.45) is -4.71. The average molecular weight is 196 g/mol. The van der Waals surface area contributed by atoms with Crippen molar-refractivity contribution in [3.05, 3.63) is 0 Å². The van der Waals surface area contributed by atoms with E-state index >= 15 is 0 Å². The number of carbonyl (C=O) groups excluding carboxylic acids is 1. The molecule has 0 saturated heterocycles. The molecule has 0 aromatic rings. The third-order valence-electron chi connectivity index (χ3n) is 1.34. The van der Waals surface area contributed by atoms with Gasteiger partial charge in [-0.15, -0.1) is 0 Å². The minimum absolute atomic E-state index is 0.131. The van der Waals surface area contributed by atoms with E-state index in [-0.39, 0.29) is 5.75 Å². The predicted octanol–water partition coefficient (Wildman–Crippen LogP) is -2.44. The van der Waals surface area contributed by atoms with Crippen LogP contribution in [0, 0.1) is 0 Å². The first-order valence-corrected chi connectivity index (χ1v) is 3.97. The molecule has 0 saturated carbocycles. The van der Waals surface area contributed by atoms with Gasteiger partial charge in [-0.05, 0) is 0 Å². The fourth-order valence-electron chi connectivity index (χ4n) is 0.577. The van der Waals surface area contributed by atoms with Crippen molar-refractivity contribution in [1.82, 2.24) is 0 Å². The second-order valence-electron chi connectivity index (χ2n) is 2.30. The lowest BCUT2D eigenvalue weighted by molar-refractivity contribution is -0.141. The first-order chi connectivity index (χ1) is 5.54. The van der Waals surface area contributed by atoms with Gasteiger partial charge in [0.1, 0.15) is 18.3 Å². The number of Topliss-reactive ketones (excluding diaryl/α,β-unsaturated/α-hetero) is 1. The molecule has 3 atom stereocenters. The number of thiol groups is 1. The average Bonchev–Trinajstić information content (AvgIpc) is 2.12. The van der Waals surface area contributed by atoms with Gasteiger partial charge in [0, 0.05) is 5.75 Å². The Hall–Kier alpha value is -0.140. The molecule has 0 spiro atoms.